The molecule has 0 amide bonds. The van der Waals surface area contributed by atoms with E-state index >= 15 is 0 Å². The lowest BCUT2D eigenvalue weighted by Crippen LogP contribution is -2.38. The van der Waals surface area contributed by atoms with E-state index in [-0.39, 0.29) is 18.8 Å². The highest BCUT2D eigenvalue weighted by Crippen LogP contribution is 2.40. The number of pyridine rings is 1. The van der Waals surface area contributed by atoms with Crippen LogP contribution in [-0.2, 0) is 11.8 Å². The Bertz CT molecular complexity index is 1320. The van der Waals surface area contributed by atoms with Crippen LogP contribution in [0.25, 0.3) is 0 Å². The lowest BCUT2D eigenvalue weighted by Gasteiger charge is -2.36. The summed E-state index contributed by atoms with van der Waals surface area (Å²) in [7, 11) is 0. The second-order valence-electron chi connectivity index (χ2n) is 8.61. The Morgan fingerprint density at radius 1 is 0.667 bits per heavy atom. The average Bonchev–Trinajstić information content (AvgIpc) is 2.86. The van der Waals surface area contributed by atoms with Gasteiger partial charge in [0.05, 0.1) is 6.20 Å². The van der Waals surface area contributed by atoms with Crippen molar-refractivity contribution in [1.82, 2.24) is 4.98 Å². The molecule has 0 saturated carbocycles. The van der Waals surface area contributed by atoms with Gasteiger partial charge in [0, 0.05) is 12.0 Å². The number of ether oxygens (including phenoxy) is 2. The monoisotopic (exact) mass is 550 g/mol. The molecular formula is C28H21F7N2O2. The highest BCUT2D eigenvalue weighted by atomic mass is 19.4. The molecule has 4 aromatic rings. The molecule has 0 unspecified atom stereocenters. The molecule has 0 saturated heterocycles. The summed E-state index contributed by atoms with van der Waals surface area (Å²) in [6, 6.07) is 21.9. The van der Waals surface area contributed by atoms with E-state index in [0.29, 0.717) is 11.1 Å². The lowest BCUT2D eigenvalue weighted by atomic mass is 9.70. The van der Waals surface area contributed by atoms with Crippen LogP contribution in [-0.4, -0.2) is 24.3 Å². The highest BCUT2D eigenvalue weighted by molar-refractivity contribution is 5.49. The van der Waals surface area contributed by atoms with Crippen LogP contribution in [0.4, 0.5) is 36.6 Å². The first-order valence-electron chi connectivity index (χ1n) is 11.5. The summed E-state index contributed by atoms with van der Waals surface area (Å²) in [5.74, 6) is -1.33. The average molecular weight is 550 g/mol. The van der Waals surface area contributed by atoms with E-state index in [9.17, 15) is 30.7 Å². The normalized spacial score (nSPS) is 12.2. The summed E-state index contributed by atoms with van der Waals surface area (Å²) >= 11 is 0. The van der Waals surface area contributed by atoms with Gasteiger partial charge >= 0.3 is 12.7 Å². The summed E-state index contributed by atoms with van der Waals surface area (Å²) in [5, 5.41) is 3.06. The number of halogens is 7. The van der Waals surface area contributed by atoms with Crippen molar-refractivity contribution in [3.63, 3.8) is 0 Å². The number of benzene rings is 3. The molecule has 0 bridgehead atoms. The summed E-state index contributed by atoms with van der Waals surface area (Å²) in [6.07, 6.45) is -8.79. The quantitative estimate of drug-likeness (QED) is 0.217. The standard InChI is InChI=1S/C28H21F7N2O2/c29-22-12-13-25(36-17-22)37-18-26(16-19-6-2-1-3-7-19,20-8-4-10-23(14-20)38-27(30,31)32)21-9-5-11-24(15-21)39-28(33,34)35/h1-15,17H,16,18H2,(H,36,37). The van der Waals surface area contributed by atoms with Crippen molar-refractivity contribution in [2.24, 2.45) is 0 Å². The van der Waals surface area contributed by atoms with Crippen molar-refractivity contribution in [2.75, 3.05) is 11.9 Å². The summed E-state index contributed by atoms with van der Waals surface area (Å²) < 4.78 is 100. The number of aromatic nitrogens is 1. The van der Waals surface area contributed by atoms with Gasteiger partial charge in [-0.3, -0.25) is 0 Å². The third-order valence-electron chi connectivity index (χ3n) is 5.89. The fourth-order valence-corrected chi connectivity index (χ4v) is 4.29. The molecule has 0 atom stereocenters. The van der Waals surface area contributed by atoms with E-state index in [1.165, 1.54) is 36.4 Å². The Kier molecular flexibility index (Phi) is 7.98. The number of alkyl halides is 6. The Morgan fingerprint density at radius 2 is 1.23 bits per heavy atom. The van der Waals surface area contributed by atoms with Crippen LogP contribution in [0.5, 0.6) is 11.5 Å². The minimum Gasteiger partial charge on any atom is -0.406 e. The van der Waals surface area contributed by atoms with Crippen LogP contribution in [0, 0.1) is 5.82 Å². The smallest absolute Gasteiger partial charge is 0.406 e. The highest BCUT2D eigenvalue weighted by Gasteiger charge is 2.38. The fourth-order valence-electron chi connectivity index (χ4n) is 4.29. The van der Waals surface area contributed by atoms with Crippen molar-refractivity contribution >= 4 is 5.82 Å². The molecule has 1 N–H and O–H groups in total. The van der Waals surface area contributed by atoms with Gasteiger partial charge in [-0.1, -0.05) is 54.6 Å². The Hall–Kier alpha value is -4.28. The van der Waals surface area contributed by atoms with Gasteiger partial charge in [0.2, 0.25) is 0 Å². The lowest BCUT2D eigenvalue weighted by molar-refractivity contribution is -0.275. The van der Waals surface area contributed by atoms with Crippen molar-refractivity contribution in [1.29, 1.82) is 0 Å². The maximum atomic E-state index is 13.4. The number of anilines is 1. The van der Waals surface area contributed by atoms with Gasteiger partial charge in [-0.15, -0.1) is 26.3 Å². The first kappa shape index (κ1) is 27.7. The van der Waals surface area contributed by atoms with Crippen LogP contribution >= 0.6 is 0 Å². The Balaban J connectivity index is 1.89. The molecule has 0 spiro atoms. The van der Waals surface area contributed by atoms with Crippen molar-refractivity contribution in [2.45, 2.75) is 24.6 Å². The predicted octanol–water partition coefficient (Wildman–Crippen LogP) is 7.66. The molecule has 204 valence electrons. The Labute approximate surface area is 219 Å². The number of nitrogens with one attached hydrogen (secondary N) is 1. The number of hydrogen-bond acceptors (Lipinski definition) is 4. The van der Waals surface area contributed by atoms with Crippen LogP contribution in [0.2, 0.25) is 0 Å². The third kappa shape index (κ3) is 7.62. The van der Waals surface area contributed by atoms with E-state index in [1.807, 2.05) is 0 Å². The number of hydrogen-bond donors (Lipinski definition) is 1. The topological polar surface area (TPSA) is 43.4 Å². The van der Waals surface area contributed by atoms with Crippen LogP contribution in [0.1, 0.15) is 16.7 Å². The number of rotatable bonds is 9. The maximum Gasteiger partial charge on any atom is 0.573 e. The van der Waals surface area contributed by atoms with Gasteiger partial charge in [0.1, 0.15) is 23.1 Å². The van der Waals surface area contributed by atoms with E-state index in [1.54, 1.807) is 42.5 Å². The van der Waals surface area contributed by atoms with Gasteiger partial charge in [-0.05, 0) is 59.5 Å². The van der Waals surface area contributed by atoms with E-state index in [0.717, 1.165) is 23.9 Å². The zero-order valence-electron chi connectivity index (χ0n) is 20.1. The third-order valence-corrected chi connectivity index (χ3v) is 5.89. The van der Waals surface area contributed by atoms with Gasteiger partial charge in [-0.25, -0.2) is 9.37 Å². The zero-order chi connectivity index (χ0) is 28.1. The molecule has 39 heavy (non-hydrogen) atoms. The van der Waals surface area contributed by atoms with E-state index < -0.39 is 35.5 Å². The molecule has 4 rings (SSSR count). The molecule has 0 radical (unpaired) electrons. The second-order valence-corrected chi connectivity index (χ2v) is 8.61. The van der Waals surface area contributed by atoms with E-state index in [4.69, 9.17) is 0 Å². The molecule has 4 nitrogen and oxygen atoms in total. The zero-order valence-corrected chi connectivity index (χ0v) is 20.1. The molecule has 1 aromatic heterocycles. The summed E-state index contributed by atoms with van der Waals surface area (Å²) in [6.45, 7) is -0.0501. The van der Waals surface area contributed by atoms with Crippen LogP contribution in [0.15, 0.2) is 97.2 Å². The molecule has 0 fully saturated rings. The Morgan fingerprint density at radius 3 is 1.72 bits per heavy atom. The minimum atomic E-state index is -4.96. The maximum absolute atomic E-state index is 13.4. The number of nitrogens with zero attached hydrogens (tertiary/aromatic N) is 1. The molecular weight excluding hydrogens is 529 g/mol. The molecule has 3 aromatic carbocycles. The first-order chi connectivity index (χ1) is 18.4. The van der Waals surface area contributed by atoms with Gasteiger partial charge < -0.3 is 14.8 Å². The summed E-state index contributed by atoms with van der Waals surface area (Å²) in [5.41, 5.74) is 0.0993. The van der Waals surface area contributed by atoms with Crippen molar-refractivity contribution in [3.8, 4) is 11.5 Å². The minimum absolute atomic E-state index is 0.0501. The first-order valence-corrected chi connectivity index (χ1v) is 11.5. The molecule has 1 heterocycles. The van der Waals surface area contributed by atoms with Gasteiger partial charge in [0.25, 0.3) is 0 Å². The summed E-state index contributed by atoms with van der Waals surface area (Å²) in [4.78, 5) is 3.97. The SMILES string of the molecule is Fc1ccc(NCC(Cc2ccccc2)(c2cccc(OC(F)(F)F)c2)c2cccc(OC(F)(F)F)c2)nc1. The molecule has 0 aliphatic rings. The molecule has 11 heteroatoms. The molecule has 0 aliphatic heterocycles. The largest absolute Gasteiger partial charge is 0.573 e. The van der Waals surface area contributed by atoms with Gasteiger partial charge in [0.15, 0.2) is 0 Å². The van der Waals surface area contributed by atoms with Gasteiger partial charge in [-0.2, -0.15) is 0 Å². The predicted molar refractivity (Wildman–Crippen MR) is 130 cm³/mol. The van der Waals surface area contributed by atoms with Crippen molar-refractivity contribution in [3.05, 3.63) is 120 Å². The second kappa shape index (κ2) is 11.2. The fraction of sp³-hybridized carbons (Fsp3) is 0.179. The van der Waals surface area contributed by atoms with Crippen molar-refractivity contribution < 1.29 is 40.2 Å². The van der Waals surface area contributed by atoms with E-state index in [2.05, 4.69) is 19.8 Å². The molecule has 0 aliphatic carbocycles. The van der Waals surface area contributed by atoms with Crippen LogP contribution < -0.4 is 14.8 Å². The van der Waals surface area contributed by atoms with Crippen LogP contribution in [0.3, 0.4) is 0 Å².